The zero-order valence-electron chi connectivity index (χ0n) is 19.8. The average Bonchev–Trinajstić information content (AvgIpc) is 3.61. The molecule has 1 heterocycles. The topological polar surface area (TPSA) is 115 Å². The lowest BCUT2D eigenvalue weighted by Gasteiger charge is -2.12. The van der Waals surface area contributed by atoms with Gasteiger partial charge in [0.05, 0.1) is 11.1 Å². The molecule has 0 radical (unpaired) electrons. The number of carboxylic acid groups (broad SMARTS) is 2. The van der Waals surface area contributed by atoms with Gasteiger partial charge in [0, 0.05) is 12.6 Å². The van der Waals surface area contributed by atoms with E-state index >= 15 is 0 Å². The van der Waals surface area contributed by atoms with Gasteiger partial charge in [0.2, 0.25) is 0 Å². The molecule has 0 saturated heterocycles. The second-order valence-corrected chi connectivity index (χ2v) is 8.74. The third kappa shape index (κ3) is 6.34. The van der Waals surface area contributed by atoms with Crippen LogP contribution in [-0.4, -0.2) is 44.3 Å². The molecule has 0 bridgehead atoms. The second kappa shape index (κ2) is 10.4. The van der Waals surface area contributed by atoms with Crippen molar-refractivity contribution in [3.63, 3.8) is 0 Å². The Morgan fingerprint density at radius 1 is 1.00 bits per heavy atom. The van der Waals surface area contributed by atoms with E-state index in [0.29, 0.717) is 17.4 Å². The summed E-state index contributed by atoms with van der Waals surface area (Å²) in [6.07, 6.45) is -2.54. The van der Waals surface area contributed by atoms with Gasteiger partial charge < -0.3 is 20.5 Å². The monoisotopic (exact) mass is 511 g/mol. The number of carboxylic acids is 2. The van der Waals surface area contributed by atoms with Gasteiger partial charge in [-0.15, -0.1) is 0 Å². The number of alkyl halides is 3. The van der Waals surface area contributed by atoms with Crippen LogP contribution in [-0.2, 0) is 11.3 Å². The summed E-state index contributed by atoms with van der Waals surface area (Å²) < 4.78 is 31.7. The van der Waals surface area contributed by atoms with Crippen LogP contribution in [0.5, 0.6) is 0 Å². The van der Waals surface area contributed by atoms with Crippen molar-refractivity contribution in [1.29, 1.82) is 0 Å². The Kier molecular flexibility index (Phi) is 7.30. The van der Waals surface area contributed by atoms with Crippen LogP contribution in [0.4, 0.5) is 13.2 Å². The zero-order valence-corrected chi connectivity index (χ0v) is 19.8. The highest BCUT2D eigenvalue weighted by atomic mass is 19.4. The van der Waals surface area contributed by atoms with E-state index in [1.165, 1.54) is 24.0 Å². The molecule has 4 N–H and O–H groups in total. The highest BCUT2D eigenvalue weighted by Crippen LogP contribution is 2.31. The molecule has 7 nitrogen and oxygen atoms in total. The Hall–Kier alpha value is -4.18. The largest absolute Gasteiger partial charge is 0.490 e. The highest BCUT2D eigenvalue weighted by molar-refractivity contribution is 6.03. The maximum absolute atomic E-state index is 11.7. The van der Waals surface area contributed by atoms with Gasteiger partial charge in [0.1, 0.15) is 11.3 Å². The predicted octanol–water partition coefficient (Wildman–Crippen LogP) is 5.79. The van der Waals surface area contributed by atoms with Crippen molar-refractivity contribution in [3.8, 4) is 22.3 Å². The Bertz CT molecular complexity index is 1440. The van der Waals surface area contributed by atoms with Crippen molar-refractivity contribution < 1.29 is 33.0 Å². The van der Waals surface area contributed by atoms with E-state index < -0.39 is 18.1 Å². The number of rotatable bonds is 6. The molecule has 5 rings (SSSR count). The fourth-order valence-corrected chi connectivity index (χ4v) is 3.91. The lowest BCUT2D eigenvalue weighted by molar-refractivity contribution is -0.192. The molecule has 0 spiro atoms. The zero-order chi connectivity index (χ0) is 26.7. The van der Waals surface area contributed by atoms with Gasteiger partial charge in [-0.05, 0) is 59.7 Å². The summed E-state index contributed by atoms with van der Waals surface area (Å²) in [6.45, 7) is 2.70. The van der Waals surface area contributed by atoms with Crippen LogP contribution in [0, 0.1) is 6.92 Å². The number of hydrogen-bond donors (Lipinski definition) is 4. The smallest absolute Gasteiger partial charge is 0.478 e. The van der Waals surface area contributed by atoms with Crippen LogP contribution >= 0.6 is 0 Å². The average molecular weight is 512 g/mol. The van der Waals surface area contributed by atoms with Crippen molar-refractivity contribution in [2.75, 3.05) is 0 Å². The molecule has 1 fully saturated rings. The van der Waals surface area contributed by atoms with E-state index in [4.69, 9.17) is 9.90 Å². The minimum Gasteiger partial charge on any atom is -0.478 e. The van der Waals surface area contributed by atoms with Crippen LogP contribution in [0.1, 0.15) is 34.6 Å². The number of aromatic nitrogens is 2. The predicted molar refractivity (Wildman–Crippen MR) is 132 cm³/mol. The van der Waals surface area contributed by atoms with Crippen LogP contribution < -0.4 is 5.32 Å². The summed E-state index contributed by atoms with van der Waals surface area (Å²) in [4.78, 5) is 28.1. The van der Waals surface area contributed by atoms with Crippen LogP contribution in [0.15, 0.2) is 60.7 Å². The molecule has 1 aliphatic carbocycles. The van der Waals surface area contributed by atoms with Gasteiger partial charge in [0.25, 0.3) is 0 Å². The second-order valence-electron chi connectivity index (χ2n) is 8.74. The minimum atomic E-state index is -5.08. The molecule has 3 aromatic carbocycles. The quantitative estimate of drug-likeness (QED) is 0.261. The standard InChI is InChI=1S/C25H23N3O2.C2HF3O2/c1-15-27-23-13-19(12-22(25(29)30)24(23)28-15)16-6-8-17(9-7-16)21-5-3-2-4-18(21)14-26-20-10-11-20;3-2(4,5)1(6)7/h2-9,12-13,20,26H,10-11,14H2,1H3,(H,27,28)(H,29,30);(H,6,7). The van der Waals surface area contributed by atoms with E-state index in [1.54, 1.807) is 6.07 Å². The molecule has 192 valence electrons. The number of nitrogens with zero attached hydrogens (tertiary/aromatic N) is 1. The molecular weight excluding hydrogens is 487 g/mol. The summed E-state index contributed by atoms with van der Waals surface area (Å²) in [5.41, 5.74) is 6.96. The van der Waals surface area contributed by atoms with E-state index in [2.05, 4.69) is 63.8 Å². The number of benzene rings is 3. The first kappa shape index (κ1) is 25.9. The molecule has 0 aliphatic heterocycles. The maximum atomic E-state index is 11.7. The Morgan fingerprint density at radius 3 is 2.22 bits per heavy atom. The highest BCUT2D eigenvalue weighted by Gasteiger charge is 2.38. The van der Waals surface area contributed by atoms with E-state index in [-0.39, 0.29) is 5.56 Å². The number of aryl methyl sites for hydroxylation is 1. The van der Waals surface area contributed by atoms with Gasteiger partial charge in [-0.2, -0.15) is 13.2 Å². The molecule has 4 aromatic rings. The number of nitrogens with one attached hydrogen (secondary N) is 2. The van der Waals surface area contributed by atoms with Gasteiger partial charge in [-0.25, -0.2) is 14.6 Å². The first-order chi connectivity index (χ1) is 17.5. The van der Waals surface area contributed by atoms with Gasteiger partial charge >= 0.3 is 18.1 Å². The minimum absolute atomic E-state index is 0.215. The Morgan fingerprint density at radius 2 is 1.62 bits per heavy atom. The third-order valence-electron chi connectivity index (χ3n) is 5.88. The third-order valence-corrected chi connectivity index (χ3v) is 5.88. The number of aliphatic carboxylic acids is 1. The number of aromatic amines is 1. The lowest BCUT2D eigenvalue weighted by atomic mass is 9.96. The molecule has 0 unspecified atom stereocenters. The van der Waals surface area contributed by atoms with Crippen molar-refractivity contribution in [1.82, 2.24) is 15.3 Å². The number of imidazole rings is 1. The first-order valence-corrected chi connectivity index (χ1v) is 11.5. The molecule has 0 amide bonds. The number of carbonyl (C=O) groups is 2. The molecule has 1 aromatic heterocycles. The van der Waals surface area contributed by atoms with Gasteiger partial charge in [-0.1, -0.05) is 48.5 Å². The number of halogens is 3. The Balaban J connectivity index is 0.000000405. The normalized spacial score (nSPS) is 13.2. The lowest BCUT2D eigenvalue weighted by Crippen LogP contribution is -2.21. The molecule has 37 heavy (non-hydrogen) atoms. The first-order valence-electron chi connectivity index (χ1n) is 11.5. The summed E-state index contributed by atoms with van der Waals surface area (Å²) in [5, 5.41) is 20.3. The fraction of sp³-hybridized carbons (Fsp3) is 0.222. The number of aromatic carboxylic acids is 1. The molecule has 10 heteroatoms. The summed E-state index contributed by atoms with van der Waals surface area (Å²) >= 11 is 0. The molecule has 1 saturated carbocycles. The fourth-order valence-electron chi connectivity index (χ4n) is 3.91. The number of hydrogen-bond acceptors (Lipinski definition) is 4. The van der Waals surface area contributed by atoms with Crippen molar-refractivity contribution in [3.05, 3.63) is 77.6 Å². The van der Waals surface area contributed by atoms with Crippen LogP contribution in [0.25, 0.3) is 33.3 Å². The van der Waals surface area contributed by atoms with Gasteiger partial charge in [-0.3, -0.25) is 0 Å². The molecule has 1 aliphatic rings. The summed E-state index contributed by atoms with van der Waals surface area (Å²) in [5.74, 6) is -3.02. The van der Waals surface area contributed by atoms with E-state index in [0.717, 1.165) is 28.8 Å². The van der Waals surface area contributed by atoms with Crippen molar-refractivity contribution >= 4 is 23.0 Å². The molecular formula is C27H24F3N3O4. The maximum Gasteiger partial charge on any atom is 0.490 e. The number of H-pyrrole nitrogens is 1. The van der Waals surface area contributed by atoms with Crippen LogP contribution in [0.3, 0.4) is 0 Å². The van der Waals surface area contributed by atoms with Crippen LogP contribution in [0.2, 0.25) is 0 Å². The summed E-state index contributed by atoms with van der Waals surface area (Å²) in [6, 6.07) is 21.1. The summed E-state index contributed by atoms with van der Waals surface area (Å²) in [7, 11) is 0. The van der Waals surface area contributed by atoms with E-state index in [9.17, 15) is 23.1 Å². The van der Waals surface area contributed by atoms with Crippen molar-refractivity contribution in [2.24, 2.45) is 0 Å². The van der Waals surface area contributed by atoms with E-state index in [1.807, 2.05) is 13.0 Å². The number of fused-ring (bicyclic) bond motifs is 1. The SMILES string of the molecule is Cc1nc2c(C(=O)O)cc(-c3ccc(-c4ccccc4CNC4CC4)cc3)cc2[nH]1.O=C(O)C(F)(F)F. The molecule has 0 atom stereocenters. The Labute approximate surface area is 210 Å². The van der Waals surface area contributed by atoms with Gasteiger partial charge in [0.15, 0.2) is 0 Å². The van der Waals surface area contributed by atoms with Crippen molar-refractivity contribution in [2.45, 2.75) is 38.5 Å².